The molecular weight excluding hydrogens is 793 g/mol. The van der Waals surface area contributed by atoms with Gasteiger partial charge in [0.25, 0.3) is 0 Å². The van der Waals surface area contributed by atoms with Crippen molar-refractivity contribution in [2.45, 2.75) is 97.0 Å². The number of carbonyl (C=O) groups excluding carboxylic acids is 3. The van der Waals surface area contributed by atoms with Crippen LogP contribution in [0, 0.1) is 0 Å². The van der Waals surface area contributed by atoms with Gasteiger partial charge in [-0.15, -0.1) is 0 Å². The molecule has 0 saturated heterocycles. The van der Waals surface area contributed by atoms with Crippen molar-refractivity contribution in [1.82, 2.24) is 0 Å². The number of esters is 3. The van der Waals surface area contributed by atoms with Crippen molar-refractivity contribution in [3.05, 3.63) is 168 Å². The van der Waals surface area contributed by atoms with Crippen LogP contribution in [0.4, 0.5) is 0 Å². The van der Waals surface area contributed by atoms with E-state index >= 15 is 0 Å². The highest BCUT2D eigenvalue weighted by molar-refractivity contribution is 6.21. The van der Waals surface area contributed by atoms with Crippen molar-refractivity contribution in [3.63, 3.8) is 0 Å². The van der Waals surface area contributed by atoms with Crippen LogP contribution in [-0.2, 0) is 40.4 Å². The van der Waals surface area contributed by atoms with E-state index in [0.29, 0.717) is 36.4 Å². The molecule has 0 spiro atoms. The fraction of sp³-hybridized carbons (Fsp3) is 0.293. The van der Waals surface area contributed by atoms with Gasteiger partial charge in [0.2, 0.25) is 0 Å². The number of fused-ring (bicyclic) bond motifs is 5. The first kappa shape index (κ1) is 45.5. The van der Waals surface area contributed by atoms with Crippen molar-refractivity contribution >= 4 is 39.5 Å². The summed E-state index contributed by atoms with van der Waals surface area (Å²) < 4.78 is 17.4. The molecule has 6 nitrogen and oxygen atoms in total. The van der Waals surface area contributed by atoms with Crippen molar-refractivity contribution in [2.75, 3.05) is 13.2 Å². The molecule has 6 aromatic rings. The summed E-state index contributed by atoms with van der Waals surface area (Å²) in [5.74, 6) is -1.10. The zero-order valence-electron chi connectivity index (χ0n) is 37.9. The van der Waals surface area contributed by atoms with Gasteiger partial charge in [-0.1, -0.05) is 155 Å². The summed E-state index contributed by atoms with van der Waals surface area (Å²) in [4.78, 5) is 37.7. The van der Waals surface area contributed by atoms with Gasteiger partial charge in [0.1, 0.15) is 6.10 Å². The number of rotatable bonds is 20. The van der Waals surface area contributed by atoms with E-state index in [1.165, 1.54) is 16.7 Å². The monoisotopic (exact) mass is 852 g/mol. The SMILES string of the molecule is C=C(C)C(=O)OCCCCCC1(C(CCCC)OC(=O)C(=C)C)c2ccccc2-c2ccc(-c3c4ccccc4c(-c4ccc(CCCOC(=O)C(=C)C)cc4)c4ccccc34)cc21. The van der Waals surface area contributed by atoms with E-state index in [-0.39, 0.29) is 17.9 Å². The standard InChI is InChI=1S/C58H60O6/c1-8-9-27-52(64-57(61)40(6)7)58(34-17-10-18-35-62-55(59)38(2)3)50-26-16-15-21-44(50)45-33-32-43(37-51(45)58)54-48-24-13-11-22-46(48)53(47-23-12-14-25-49(47)54)42-30-28-41(29-31-42)20-19-36-63-56(60)39(4)5/h11-16,21-26,28-33,37,52H,2,4,6,8-10,17-20,27,34-36H2,1,3,5,7H3. The third-order valence-electron chi connectivity index (χ3n) is 12.6. The lowest BCUT2D eigenvalue weighted by Gasteiger charge is -2.40. The second kappa shape index (κ2) is 20.3. The maximum absolute atomic E-state index is 13.6. The van der Waals surface area contributed by atoms with Gasteiger partial charge in [0.05, 0.1) is 18.6 Å². The molecule has 6 heteroatoms. The molecule has 0 saturated carbocycles. The van der Waals surface area contributed by atoms with Crippen molar-refractivity contribution in [2.24, 2.45) is 0 Å². The molecule has 0 aromatic heterocycles. The average molecular weight is 853 g/mol. The summed E-state index contributed by atoms with van der Waals surface area (Å²) in [5, 5.41) is 4.63. The quantitative estimate of drug-likeness (QED) is 0.0250. The van der Waals surface area contributed by atoms with Gasteiger partial charge in [-0.25, -0.2) is 14.4 Å². The van der Waals surface area contributed by atoms with E-state index < -0.39 is 11.5 Å². The summed E-state index contributed by atoms with van der Waals surface area (Å²) in [6.07, 6.45) is 6.76. The second-order valence-electron chi connectivity index (χ2n) is 17.4. The van der Waals surface area contributed by atoms with Crippen LogP contribution < -0.4 is 0 Å². The van der Waals surface area contributed by atoms with Crippen molar-refractivity contribution < 1.29 is 28.6 Å². The van der Waals surface area contributed by atoms with Crippen LogP contribution in [-0.4, -0.2) is 37.2 Å². The fourth-order valence-corrected chi connectivity index (χ4v) is 9.48. The van der Waals surface area contributed by atoms with Crippen LogP contribution >= 0.6 is 0 Å². The largest absolute Gasteiger partial charge is 0.462 e. The molecule has 0 bridgehead atoms. The molecule has 2 unspecified atom stereocenters. The molecule has 7 rings (SSSR count). The van der Waals surface area contributed by atoms with Gasteiger partial charge in [-0.3, -0.25) is 0 Å². The maximum atomic E-state index is 13.6. The summed E-state index contributed by atoms with van der Waals surface area (Å²) in [6, 6.07) is 41.7. The minimum absolute atomic E-state index is 0.328. The topological polar surface area (TPSA) is 78.9 Å². The Morgan fingerprint density at radius 2 is 1.06 bits per heavy atom. The number of hydrogen-bond acceptors (Lipinski definition) is 6. The predicted octanol–water partition coefficient (Wildman–Crippen LogP) is 14.0. The smallest absolute Gasteiger partial charge is 0.333 e. The van der Waals surface area contributed by atoms with E-state index in [1.54, 1.807) is 20.8 Å². The molecule has 0 aliphatic heterocycles. The Morgan fingerprint density at radius 3 is 1.64 bits per heavy atom. The van der Waals surface area contributed by atoms with Crippen molar-refractivity contribution in [3.8, 4) is 33.4 Å². The molecule has 0 heterocycles. The summed E-state index contributed by atoms with van der Waals surface area (Å²) >= 11 is 0. The lowest BCUT2D eigenvalue weighted by atomic mass is 9.68. The average Bonchev–Trinajstić information content (AvgIpc) is 3.58. The Balaban J connectivity index is 1.34. The number of benzene rings is 6. The summed E-state index contributed by atoms with van der Waals surface area (Å²) in [7, 11) is 0. The van der Waals surface area contributed by atoms with Gasteiger partial charge in [-0.2, -0.15) is 0 Å². The van der Waals surface area contributed by atoms with E-state index in [2.05, 4.69) is 142 Å². The number of carbonyl (C=O) groups is 3. The Kier molecular flexibility index (Phi) is 14.4. The van der Waals surface area contributed by atoms with Crippen LogP contribution in [0.25, 0.3) is 54.9 Å². The second-order valence-corrected chi connectivity index (χ2v) is 17.4. The molecule has 1 aliphatic rings. The van der Waals surface area contributed by atoms with Crippen LogP contribution in [0.5, 0.6) is 0 Å². The zero-order valence-corrected chi connectivity index (χ0v) is 37.9. The first-order valence-electron chi connectivity index (χ1n) is 22.8. The molecule has 0 fully saturated rings. The van der Waals surface area contributed by atoms with Crippen LogP contribution in [0.1, 0.15) is 95.8 Å². The minimum Gasteiger partial charge on any atom is -0.462 e. The first-order chi connectivity index (χ1) is 31.0. The van der Waals surface area contributed by atoms with Crippen LogP contribution in [0.15, 0.2) is 152 Å². The molecule has 0 radical (unpaired) electrons. The van der Waals surface area contributed by atoms with E-state index in [4.69, 9.17) is 14.2 Å². The highest BCUT2D eigenvalue weighted by atomic mass is 16.5. The van der Waals surface area contributed by atoms with Gasteiger partial charge in [0, 0.05) is 16.7 Å². The van der Waals surface area contributed by atoms with E-state index in [9.17, 15) is 14.4 Å². The fourth-order valence-electron chi connectivity index (χ4n) is 9.48. The molecular formula is C58H60O6. The Hall–Kier alpha value is -6.53. The third kappa shape index (κ3) is 9.38. The van der Waals surface area contributed by atoms with Crippen molar-refractivity contribution in [1.29, 1.82) is 0 Å². The molecule has 0 N–H and O–H groups in total. The van der Waals surface area contributed by atoms with E-state index in [0.717, 1.165) is 106 Å². The minimum atomic E-state index is -0.643. The molecule has 2 atom stereocenters. The number of aryl methyl sites for hydroxylation is 1. The third-order valence-corrected chi connectivity index (χ3v) is 12.6. The number of ether oxygens (including phenoxy) is 3. The Morgan fingerprint density at radius 1 is 0.547 bits per heavy atom. The normalized spacial score (nSPS) is 14.4. The van der Waals surface area contributed by atoms with Gasteiger partial charge in [-0.05, 0) is 137 Å². The van der Waals surface area contributed by atoms with Crippen LogP contribution in [0.3, 0.4) is 0 Å². The maximum Gasteiger partial charge on any atom is 0.333 e. The van der Waals surface area contributed by atoms with Gasteiger partial charge < -0.3 is 14.2 Å². The first-order valence-corrected chi connectivity index (χ1v) is 22.8. The number of hydrogen-bond donors (Lipinski definition) is 0. The van der Waals surface area contributed by atoms with E-state index in [1.807, 2.05) is 0 Å². The Labute approximate surface area is 378 Å². The molecule has 1 aliphatic carbocycles. The lowest BCUT2D eigenvalue weighted by molar-refractivity contribution is -0.148. The Bertz CT molecular complexity index is 2680. The molecule has 64 heavy (non-hydrogen) atoms. The lowest BCUT2D eigenvalue weighted by Crippen LogP contribution is -2.42. The predicted molar refractivity (Wildman–Crippen MR) is 261 cm³/mol. The molecule has 328 valence electrons. The van der Waals surface area contributed by atoms with Gasteiger partial charge in [0.15, 0.2) is 0 Å². The zero-order chi connectivity index (χ0) is 45.4. The highest BCUT2D eigenvalue weighted by Crippen LogP contribution is 2.56. The summed E-state index contributed by atoms with van der Waals surface area (Å²) in [6.45, 7) is 19.3. The molecule has 0 amide bonds. The van der Waals surface area contributed by atoms with Crippen LogP contribution in [0.2, 0.25) is 0 Å². The molecule has 6 aromatic carbocycles. The highest BCUT2D eigenvalue weighted by Gasteiger charge is 2.50. The summed E-state index contributed by atoms with van der Waals surface area (Å²) in [5.41, 5.74) is 10.9. The number of unbranched alkanes of at least 4 members (excludes halogenated alkanes) is 3. The van der Waals surface area contributed by atoms with Gasteiger partial charge >= 0.3 is 17.9 Å².